The van der Waals surface area contributed by atoms with Crippen LogP contribution in [0.3, 0.4) is 0 Å². The quantitative estimate of drug-likeness (QED) is 0.501. The molecule has 0 aliphatic heterocycles. The third kappa shape index (κ3) is 5.34. The number of methoxy groups -OCH3 is 2. The smallest absolute Gasteiger partial charge is 0.351 e. The fraction of sp³-hybridized carbons (Fsp3) is 0.227. The minimum absolute atomic E-state index is 0.326. The highest BCUT2D eigenvalue weighted by molar-refractivity contribution is 7.17. The van der Waals surface area contributed by atoms with Gasteiger partial charge in [0.15, 0.2) is 17.6 Å². The number of halogens is 1. The highest BCUT2D eigenvalue weighted by atomic mass is 35.5. The summed E-state index contributed by atoms with van der Waals surface area (Å²) in [5.41, 5.74) is 1.81. The molecule has 9 heteroatoms. The zero-order valence-corrected chi connectivity index (χ0v) is 19.0. The molecular weight excluding hydrogens is 440 g/mol. The van der Waals surface area contributed by atoms with Crippen LogP contribution < -0.4 is 14.8 Å². The molecule has 1 unspecified atom stereocenters. The second kappa shape index (κ2) is 9.80. The summed E-state index contributed by atoms with van der Waals surface area (Å²) in [6.45, 7) is 3.22. The average Bonchev–Trinajstić information content (AvgIpc) is 3.14. The Balaban J connectivity index is 1.72. The van der Waals surface area contributed by atoms with Crippen LogP contribution in [-0.4, -0.2) is 37.2 Å². The first kappa shape index (κ1) is 22.6. The summed E-state index contributed by atoms with van der Waals surface area (Å²) < 4.78 is 15.9. The number of aromatic nitrogens is 1. The highest BCUT2D eigenvalue weighted by Gasteiger charge is 2.23. The van der Waals surface area contributed by atoms with Crippen LogP contribution in [0.4, 0.5) is 5.69 Å². The molecule has 0 saturated heterocycles. The van der Waals surface area contributed by atoms with Gasteiger partial charge in [0.25, 0.3) is 5.91 Å². The number of nitrogens with zero attached hydrogens (tertiary/aromatic N) is 1. The summed E-state index contributed by atoms with van der Waals surface area (Å²) in [5, 5.41) is 3.79. The normalized spacial score (nSPS) is 11.5. The molecule has 0 fully saturated rings. The van der Waals surface area contributed by atoms with E-state index in [-0.39, 0.29) is 0 Å². The van der Waals surface area contributed by atoms with Crippen molar-refractivity contribution < 1.29 is 23.8 Å². The second-order valence-electron chi connectivity index (χ2n) is 6.55. The van der Waals surface area contributed by atoms with Crippen molar-refractivity contribution in [2.75, 3.05) is 19.5 Å². The van der Waals surface area contributed by atoms with E-state index in [9.17, 15) is 9.59 Å². The highest BCUT2D eigenvalue weighted by Crippen LogP contribution is 2.35. The number of rotatable bonds is 7. The monoisotopic (exact) mass is 460 g/mol. The van der Waals surface area contributed by atoms with E-state index in [2.05, 4.69) is 10.3 Å². The van der Waals surface area contributed by atoms with E-state index < -0.39 is 18.0 Å². The van der Waals surface area contributed by atoms with E-state index in [1.807, 2.05) is 6.07 Å². The Morgan fingerprint density at radius 2 is 1.84 bits per heavy atom. The minimum atomic E-state index is -1.00. The topological polar surface area (TPSA) is 86.8 Å². The number of aryl methyl sites for hydroxylation is 1. The zero-order chi connectivity index (χ0) is 22.5. The van der Waals surface area contributed by atoms with Gasteiger partial charge in [-0.25, -0.2) is 9.78 Å². The van der Waals surface area contributed by atoms with Gasteiger partial charge >= 0.3 is 5.97 Å². The number of hydrogen-bond donors (Lipinski definition) is 1. The molecule has 162 valence electrons. The van der Waals surface area contributed by atoms with Crippen molar-refractivity contribution in [2.24, 2.45) is 0 Å². The van der Waals surface area contributed by atoms with Gasteiger partial charge in [0.2, 0.25) is 0 Å². The van der Waals surface area contributed by atoms with Crippen molar-refractivity contribution in [2.45, 2.75) is 20.0 Å². The Morgan fingerprint density at radius 3 is 2.52 bits per heavy atom. The van der Waals surface area contributed by atoms with Crippen LogP contribution in [0.15, 0.2) is 42.5 Å². The van der Waals surface area contributed by atoms with Gasteiger partial charge in [-0.3, -0.25) is 4.79 Å². The Morgan fingerprint density at radius 1 is 1.10 bits per heavy atom. The van der Waals surface area contributed by atoms with Crippen molar-refractivity contribution in [1.29, 1.82) is 0 Å². The van der Waals surface area contributed by atoms with E-state index in [1.165, 1.54) is 18.3 Å². The molecule has 0 spiro atoms. The fourth-order valence-corrected chi connectivity index (χ4v) is 3.89. The predicted molar refractivity (Wildman–Crippen MR) is 120 cm³/mol. The summed E-state index contributed by atoms with van der Waals surface area (Å²) in [6.07, 6.45) is -1.00. The molecular formula is C22H21ClN2O5S. The van der Waals surface area contributed by atoms with Crippen LogP contribution in [0, 0.1) is 6.92 Å². The molecule has 0 saturated carbocycles. The average molecular weight is 461 g/mol. The van der Waals surface area contributed by atoms with Crippen molar-refractivity contribution in [3.63, 3.8) is 0 Å². The first-order valence-electron chi connectivity index (χ1n) is 9.29. The first-order valence-corrected chi connectivity index (χ1v) is 10.5. The van der Waals surface area contributed by atoms with Gasteiger partial charge in [-0.2, -0.15) is 0 Å². The number of nitrogens with one attached hydrogen (secondary N) is 1. The number of thiazole rings is 1. The Kier molecular flexibility index (Phi) is 7.14. The fourth-order valence-electron chi connectivity index (χ4n) is 2.76. The molecule has 31 heavy (non-hydrogen) atoms. The lowest BCUT2D eigenvalue weighted by Gasteiger charge is -2.13. The van der Waals surface area contributed by atoms with Gasteiger partial charge in [-0.15, -0.1) is 11.3 Å². The first-order chi connectivity index (χ1) is 14.8. The van der Waals surface area contributed by atoms with Gasteiger partial charge in [-0.05, 0) is 50.2 Å². The molecule has 0 aliphatic rings. The van der Waals surface area contributed by atoms with Crippen molar-refractivity contribution in [3.8, 4) is 22.1 Å². The summed E-state index contributed by atoms with van der Waals surface area (Å²) >= 11 is 7.10. The molecule has 0 radical (unpaired) electrons. The molecule has 2 aromatic carbocycles. The number of benzene rings is 2. The largest absolute Gasteiger partial charge is 0.493 e. The number of ether oxygens (including phenoxy) is 3. The molecule has 0 aliphatic carbocycles. The number of anilines is 1. The van der Waals surface area contributed by atoms with Crippen LogP contribution >= 0.6 is 22.9 Å². The van der Waals surface area contributed by atoms with Crippen LogP contribution in [-0.2, 0) is 9.53 Å². The Hall–Kier alpha value is -3.10. The second-order valence-corrected chi connectivity index (χ2v) is 7.99. The van der Waals surface area contributed by atoms with Crippen LogP contribution in [0.2, 0.25) is 5.02 Å². The summed E-state index contributed by atoms with van der Waals surface area (Å²) in [4.78, 5) is 29.8. The number of carbonyl (C=O) groups is 2. The van der Waals surface area contributed by atoms with Gasteiger partial charge in [0.05, 0.1) is 19.9 Å². The van der Waals surface area contributed by atoms with Crippen molar-refractivity contribution in [3.05, 3.63) is 58.1 Å². The molecule has 1 amide bonds. The molecule has 1 atom stereocenters. The third-order valence-corrected chi connectivity index (χ3v) is 5.78. The molecule has 3 aromatic rings. The molecule has 1 N–H and O–H groups in total. The molecule has 7 nitrogen and oxygen atoms in total. The van der Waals surface area contributed by atoms with Crippen LogP contribution in [0.1, 0.15) is 22.3 Å². The zero-order valence-electron chi connectivity index (χ0n) is 17.4. The summed E-state index contributed by atoms with van der Waals surface area (Å²) in [5.74, 6) is 0.0790. The van der Waals surface area contributed by atoms with E-state index >= 15 is 0 Å². The van der Waals surface area contributed by atoms with E-state index in [1.54, 1.807) is 57.5 Å². The van der Waals surface area contributed by atoms with Gasteiger partial charge in [0, 0.05) is 16.3 Å². The molecule has 0 bridgehead atoms. The van der Waals surface area contributed by atoms with Gasteiger partial charge < -0.3 is 19.5 Å². The SMILES string of the molecule is COc1ccc(-c2nc(C)c(C(=O)OC(C)C(=O)Nc3cccc(Cl)c3)s2)cc1OC. The number of hydrogen-bond acceptors (Lipinski definition) is 7. The number of amides is 1. The minimum Gasteiger partial charge on any atom is -0.493 e. The van der Waals surface area contributed by atoms with Crippen LogP contribution in [0.25, 0.3) is 10.6 Å². The van der Waals surface area contributed by atoms with Crippen LogP contribution in [0.5, 0.6) is 11.5 Å². The lowest BCUT2D eigenvalue weighted by Crippen LogP contribution is -2.29. The molecule has 1 aromatic heterocycles. The van der Waals surface area contributed by atoms with Gasteiger partial charge in [0.1, 0.15) is 9.88 Å². The predicted octanol–water partition coefficient (Wildman–Crippen LogP) is 4.97. The maximum Gasteiger partial charge on any atom is 0.351 e. The lowest BCUT2D eigenvalue weighted by atomic mass is 10.2. The maximum atomic E-state index is 12.7. The maximum absolute atomic E-state index is 12.7. The number of esters is 1. The van der Waals surface area contributed by atoms with Crippen molar-refractivity contribution >= 4 is 40.5 Å². The van der Waals surface area contributed by atoms with E-state index in [0.717, 1.165) is 5.56 Å². The summed E-state index contributed by atoms with van der Waals surface area (Å²) in [6, 6.07) is 12.1. The van der Waals surface area contributed by atoms with Crippen molar-refractivity contribution in [1.82, 2.24) is 4.98 Å². The molecule has 3 rings (SSSR count). The third-order valence-electron chi connectivity index (χ3n) is 4.36. The Labute approximate surface area is 188 Å². The van der Waals surface area contributed by atoms with E-state index in [0.29, 0.717) is 37.8 Å². The Bertz CT molecular complexity index is 1120. The van der Waals surface area contributed by atoms with E-state index in [4.69, 9.17) is 25.8 Å². The van der Waals surface area contributed by atoms with Gasteiger partial charge in [-0.1, -0.05) is 17.7 Å². The standard InChI is InChI=1S/C22H21ClN2O5S/c1-12-19(31-21(24-12)14-8-9-17(28-3)18(10-14)29-4)22(27)30-13(2)20(26)25-16-7-5-6-15(23)11-16/h5-11,13H,1-4H3,(H,25,26). The molecule has 1 heterocycles. The summed E-state index contributed by atoms with van der Waals surface area (Å²) in [7, 11) is 3.11. The lowest BCUT2D eigenvalue weighted by molar-refractivity contribution is -0.123. The number of carbonyl (C=O) groups excluding carboxylic acids is 2.